The minimum absolute atomic E-state index is 0.174. The van der Waals surface area contributed by atoms with Crippen LogP contribution in [0.15, 0.2) is 0 Å². The van der Waals surface area contributed by atoms with E-state index in [0.29, 0.717) is 6.61 Å². The first-order valence-corrected chi connectivity index (χ1v) is 7.59. The second-order valence-electron chi connectivity index (χ2n) is 4.44. The lowest BCUT2D eigenvalue weighted by Crippen LogP contribution is -1.85. The molecule has 0 aromatic heterocycles. The van der Waals surface area contributed by atoms with Gasteiger partial charge < -0.3 is 0 Å². The predicted octanol–water partition coefficient (Wildman–Crippen LogP) is 5.52. The number of hydrogen-bond donors (Lipinski definition) is 0. The Morgan fingerprint density at radius 3 is 1.62 bits per heavy atom. The molecule has 0 saturated heterocycles. The van der Waals surface area contributed by atoms with Gasteiger partial charge in [0.05, 0.1) is 6.61 Å². The van der Waals surface area contributed by atoms with Gasteiger partial charge in [-0.3, -0.25) is 4.52 Å². The minimum Gasteiger partial charge on any atom is -0.294 e. The summed E-state index contributed by atoms with van der Waals surface area (Å²) >= 11 is 0. The Kier molecular flexibility index (Phi) is 15.1. The maximum absolute atomic E-state index is 9.96. The zero-order chi connectivity index (χ0) is 11.9. The van der Waals surface area contributed by atoms with Gasteiger partial charge in [0.2, 0.25) is 0 Å². The molecular weight excluding hydrogens is 219 g/mol. The van der Waals surface area contributed by atoms with Crippen LogP contribution in [0.2, 0.25) is 0 Å². The fourth-order valence-electron chi connectivity index (χ4n) is 1.87. The van der Waals surface area contributed by atoms with Crippen molar-refractivity contribution in [1.82, 2.24) is 0 Å². The molecule has 0 atom stereocenters. The molecular formula is C13H27O2P. The van der Waals surface area contributed by atoms with Crippen LogP contribution in [0.1, 0.15) is 77.6 Å². The predicted molar refractivity (Wildman–Crippen MR) is 70.0 cm³/mol. The van der Waals surface area contributed by atoms with Gasteiger partial charge in [-0.15, -0.1) is 0 Å². The van der Waals surface area contributed by atoms with Crippen molar-refractivity contribution in [2.45, 2.75) is 77.6 Å². The van der Waals surface area contributed by atoms with Gasteiger partial charge in [0.15, 0.2) is 0 Å². The molecule has 3 heteroatoms. The monoisotopic (exact) mass is 246 g/mol. The molecule has 0 rings (SSSR count). The largest absolute Gasteiger partial charge is 0.327 e. The molecule has 0 saturated carbocycles. The van der Waals surface area contributed by atoms with Crippen LogP contribution in [0.25, 0.3) is 0 Å². The Hall–Kier alpha value is 0.0600. The summed E-state index contributed by atoms with van der Waals surface area (Å²) in [6.07, 6.45) is 14.7. The molecule has 0 aliphatic heterocycles. The molecule has 0 aliphatic carbocycles. The van der Waals surface area contributed by atoms with E-state index in [2.05, 4.69) is 6.92 Å². The molecule has 0 bridgehead atoms. The summed E-state index contributed by atoms with van der Waals surface area (Å²) in [5.41, 5.74) is 0. The van der Waals surface area contributed by atoms with Crippen molar-refractivity contribution >= 4 is 8.69 Å². The number of unbranched alkanes of at least 4 members (excludes halogenated alkanes) is 10. The minimum atomic E-state index is -0.174. The molecule has 0 amide bonds. The second kappa shape index (κ2) is 15.1. The van der Waals surface area contributed by atoms with E-state index in [1.165, 1.54) is 64.2 Å². The van der Waals surface area contributed by atoms with Crippen LogP contribution in [0, 0.1) is 0 Å². The molecule has 0 N–H and O–H groups in total. The molecule has 0 aliphatic rings. The fraction of sp³-hybridized carbons (Fsp3) is 1.00. The van der Waals surface area contributed by atoms with Crippen LogP contribution in [0.3, 0.4) is 0 Å². The Balaban J connectivity index is 2.85. The van der Waals surface area contributed by atoms with Crippen molar-refractivity contribution in [3.8, 4) is 0 Å². The summed E-state index contributed by atoms with van der Waals surface area (Å²) in [6.45, 7) is 2.90. The van der Waals surface area contributed by atoms with Crippen LogP contribution in [0.4, 0.5) is 0 Å². The Bertz CT molecular complexity index is 140. The SMILES string of the molecule is CCCCCCCCCCCCCOP=O. The maximum Gasteiger partial charge on any atom is 0.327 e. The first-order chi connectivity index (χ1) is 7.91. The third kappa shape index (κ3) is 14.1. The van der Waals surface area contributed by atoms with E-state index in [1.807, 2.05) is 0 Å². The Morgan fingerprint density at radius 1 is 0.750 bits per heavy atom. The Morgan fingerprint density at radius 2 is 1.19 bits per heavy atom. The average Bonchev–Trinajstić information content (AvgIpc) is 2.31. The average molecular weight is 246 g/mol. The molecule has 96 valence electrons. The zero-order valence-corrected chi connectivity index (χ0v) is 11.6. The Labute approximate surface area is 102 Å². The van der Waals surface area contributed by atoms with E-state index in [-0.39, 0.29) is 8.69 Å². The topological polar surface area (TPSA) is 26.3 Å². The molecule has 2 nitrogen and oxygen atoms in total. The van der Waals surface area contributed by atoms with Crippen molar-refractivity contribution in [2.75, 3.05) is 6.61 Å². The molecule has 0 unspecified atom stereocenters. The summed E-state index contributed by atoms with van der Waals surface area (Å²) in [4.78, 5) is 0. The van der Waals surface area contributed by atoms with E-state index in [4.69, 9.17) is 4.52 Å². The summed E-state index contributed by atoms with van der Waals surface area (Å²) in [5.74, 6) is 0. The van der Waals surface area contributed by atoms with Gasteiger partial charge in [-0.1, -0.05) is 71.1 Å². The maximum atomic E-state index is 9.96. The van der Waals surface area contributed by atoms with E-state index >= 15 is 0 Å². The lowest BCUT2D eigenvalue weighted by molar-refractivity contribution is 0.328. The highest BCUT2D eigenvalue weighted by Gasteiger charge is 1.93. The van der Waals surface area contributed by atoms with E-state index in [1.54, 1.807) is 0 Å². The number of rotatable bonds is 13. The summed E-state index contributed by atoms with van der Waals surface area (Å²) in [5, 5.41) is 0. The van der Waals surface area contributed by atoms with Gasteiger partial charge in [0, 0.05) is 0 Å². The van der Waals surface area contributed by atoms with Crippen LogP contribution in [-0.2, 0) is 9.09 Å². The van der Waals surface area contributed by atoms with Crippen molar-refractivity contribution in [2.24, 2.45) is 0 Å². The van der Waals surface area contributed by atoms with Crippen LogP contribution >= 0.6 is 8.69 Å². The summed E-state index contributed by atoms with van der Waals surface area (Å²) in [6, 6.07) is 0. The third-order valence-electron chi connectivity index (χ3n) is 2.89. The van der Waals surface area contributed by atoms with E-state index in [9.17, 15) is 4.57 Å². The normalized spacial score (nSPS) is 11.1. The molecule has 16 heavy (non-hydrogen) atoms. The summed E-state index contributed by atoms with van der Waals surface area (Å²) < 4.78 is 14.7. The van der Waals surface area contributed by atoms with Crippen LogP contribution < -0.4 is 0 Å². The van der Waals surface area contributed by atoms with Gasteiger partial charge in [-0.2, -0.15) is 0 Å². The quantitative estimate of drug-likeness (QED) is 0.316. The van der Waals surface area contributed by atoms with Crippen LogP contribution in [0.5, 0.6) is 0 Å². The van der Waals surface area contributed by atoms with Gasteiger partial charge in [-0.05, 0) is 6.42 Å². The molecule has 0 radical (unpaired) electrons. The first-order valence-electron chi connectivity index (χ1n) is 6.86. The lowest BCUT2D eigenvalue weighted by Gasteiger charge is -2.01. The molecule has 0 heterocycles. The van der Waals surface area contributed by atoms with Gasteiger partial charge in [0.25, 0.3) is 0 Å². The van der Waals surface area contributed by atoms with Crippen molar-refractivity contribution in [3.63, 3.8) is 0 Å². The highest BCUT2D eigenvalue weighted by molar-refractivity contribution is 7.17. The van der Waals surface area contributed by atoms with Gasteiger partial charge in [0.1, 0.15) is 0 Å². The molecule has 0 aromatic rings. The van der Waals surface area contributed by atoms with E-state index in [0.717, 1.165) is 6.42 Å². The van der Waals surface area contributed by atoms with Crippen molar-refractivity contribution in [1.29, 1.82) is 0 Å². The standard InChI is InChI=1S/C13H27O2P/c1-2-3-4-5-6-7-8-9-10-11-12-13-15-16-14/h2-13H2,1H3. The molecule has 0 spiro atoms. The highest BCUT2D eigenvalue weighted by Crippen LogP contribution is 2.11. The highest BCUT2D eigenvalue weighted by atomic mass is 31.1. The first kappa shape index (κ1) is 16.1. The second-order valence-corrected chi connectivity index (χ2v) is 4.85. The van der Waals surface area contributed by atoms with Crippen molar-refractivity contribution in [3.05, 3.63) is 0 Å². The van der Waals surface area contributed by atoms with Crippen LogP contribution in [-0.4, -0.2) is 6.61 Å². The van der Waals surface area contributed by atoms with Gasteiger partial charge in [-0.25, -0.2) is 4.57 Å². The van der Waals surface area contributed by atoms with Gasteiger partial charge >= 0.3 is 8.69 Å². The lowest BCUT2D eigenvalue weighted by atomic mass is 10.1. The zero-order valence-electron chi connectivity index (χ0n) is 10.7. The third-order valence-corrected chi connectivity index (χ3v) is 3.18. The molecule has 0 aromatic carbocycles. The fourth-order valence-corrected chi connectivity index (χ4v) is 2.07. The summed E-state index contributed by atoms with van der Waals surface area (Å²) in [7, 11) is -0.174. The smallest absolute Gasteiger partial charge is 0.294 e. The van der Waals surface area contributed by atoms with E-state index < -0.39 is 0 Å². The number of hydrogen-bond acceptors (Lipinski definition) is 2. The molecule has 0 fully saturated rings. The van der Waals surface area contributed by atoms with Crippen molar-refractivity contribution < 1.29 is 9.09 Å².